The highest BCUT2D eigenvalue weighted by atomic mass is 35.5. The van der Waals surface area contributed by atoms with Crippen molar-refractivity contribution in [1.82, 2.24) is 46.2 Å². The molecular weight excluding hydrogens is 1650 g/mol. The molecule has 19 nitrogen and oxygen atoms in total. The lowest BCUT2D eigenvalue weighted by atomic mass is 10.0. The van der Waals surface area contributed by atoms with Crippen molar-refractivity contribution >= 4 is 116 Å². The highest BCUT2D eigenvalue weighted by molar-refractivity contribution is 6.42. The Morgan fingerprint density at radius 3 is 1.04 bits per heavy atom. The van der Waals surface area contributed by atoms with Crippen LogP contribution in [0.1, 0.15) is 144 Å². The fourth-order valence-corrected chi connectivity index (χ4v) is 11.9. The van der Waals surface area contributed by atoms with Gasteiger partial charge in [-0.3, -0.25) is 39.1 Å². The topological polar surface area (TPSA) is 316 Å². The van der Waals surface area contributed by atoms with Gasteiger partial charge in [-0.1, -0.05) is 153 Å². The first-order valence-electron chi connectivity index (χ1n) is 32.6. The molecule has 0 aliphatic heterocycles. The van der Waals surface area contributed by atoms with Crippen LogP contribution in [0.3, 0.4) is 0 Å². The van der Waals surface area contributed by atoms with Gasteiger partial charge < -0.3 is 31.5 Å². The monoisotopic (exact) mass is 1690 g/mol. The van der Waals surface area contributed by atoms with Crippen LogP contribution in [0.25, 0.3) is 0 Å². The Labute approximate surface area is 685 Å². The van der Waals surface area contributed by atoms with Crippen molar-refractivity contribution in [1.29, 1.82) is 21.0 Å². The zero-order valence-corrected chi connectivity index (χ0v) is 63.8. The lowest BCUT2D eigenvalue weighted by Crippen LogP contribution is -2.30. The smallest absolute Gasteiger partial charge is 0.252 e. The van der Waals surface area contributed by atoms with E-state index in [1.165, 1.54) is 91.6 Å². The molecule has 0 spiro atoms. The van der Waals surface area contributed by atoms with Crippen molar-refractivity contribution in [2.24, 2.45) is 0 Å². The van der Waals surface area contributed by atoms with Crippen LogP contribution in [-0.4, -0.2) is 58.8 Å². The number of carbonyl (C=O) groups is 4. The Hall–Kier alpha value is -12.1. The lowest BCUT2D eigenvalue weighted by Gasteiger charge is -2.20. The molecule has 114 heavy (non-hydrogen) atoms. The highest BCUT2D eigenvalue weighted by Crippen LogP contribution is 2.34. The SMILES string of the molecule is N#Cc1ccc(C(=O)N[C@@H](c2ccc(CO)cc2)c2ccc(Cl)cn2)cc1F.N#Cc1ccc(C(=O)N[C@@H](c2ccc(CO)cc2)c2ncc(Cl)cc2Cl)cc1F.N#Cc1ccc(C(=O)N[C@@H](c2ccc(Cl)c(Cl)c2)c2cnc(Cl)cn2)cc1F.N#Cc1ccc(C(=O)N[C@@H](c2ccc(F)c(F)c2)c2ncc(Cl)cc2Cl)cc1F. The van der Waals surface area contributed by atoms with Crippen LogP contribution < -0.4 is 21.3 Å². The molecule has 12 rings (SSSR count). The minimum atomic E-state index is -1.13. The Morgan fingerprint density at radius 2 is 0.684 bits per heavy atom. The second kappa shape index (κ2) is 40.4. The molecule has 33 heteroatoms. The number of aliphatic hydroxyl groups is 2. The number of nitriles is 4. The molecule has 572 valence electrons. The largest absolute Gasteiger partial charge is 0.392 e. The van der Waals surface area contributed by atoms with E-state index in [1.807, 2.05) is 0 Å². The fraction of sp³-hybridized carbons (Fsp3) is 0.0741. The highest BCUT2D eigenvalue weighted by Gasteiger charge is 2.28. The van der Waals surface area contributed by atoms with E-state index in [0.717, 1.165) is 53.6 Å². The fourth-order valence-electron chi connectivity index (χ4n) is 10.4. The summed E-state index contributed by atoms with van der Waals surface area (Å²) < 4.78 is 82.6. The summed E-state index contributed by atoms with van der Waals surface area (Å²) in [6.07, 6.45) is 6.91. The van der Waals surface area contributed by atoms with Crippen molar-refractivity contribution in [3.63, 3.8) is 0 Å². The second-order valence-electron chi connectivity index (χ2n) is 23.7. The normalized spacial score (nSPS) is 11.5. The summed E-state index contributed by atoms with van der Waals surface area (Å²) in [7, 11) is 0. The van der Waals surface area contributed by atoms with Crippen LogP contribution >= 0.6 is 92.8 Å². The number of aliphatic hydroxyl groups excluding tert-OH is 2. The van der Waals surface area contributed by atoms with Crippen LogP contribution in [0.15, 0.2) is 213 Å². The van der Waals surface area contributed by atoms with Crippen LogP contribution in [0.4, 0.5) is 26.3 Å². The van der Waals surface area contributed by atoms with Crippen LogP contribution in [0, 0.1) is 80.2 Å². The van der Waals surface area contributed by atoms with Gasteiger partial charge in [-0.2, -0.15) is 21.0 Å². The molecule has 0 saturated heterocycles. The summed E-state index contributed by atoms with van der Waals surface area (Å²) in [5.41, 5.74) is 4.42. The number of carbonyl (C=O) groups excluding carboxylic acids is 4. The van der Waals surface area contributed by atoms with E-state index >= 15 is 0 Å². The molecule has 0 bridgehead atoms. The van der Waals surface area contributed by atoms with E-state index in [9.17, 15) is 55.7 Å². The average molecular weight is 1700 g/mol. The minimum absolute atomic E-state index is 0.0449. The quantitative estimate of drug-likeness (QED) is 0.0435. The Morgan fingerprint density at radius 1 is 0.325 bits per heavy atom. The van der Waals surface area contributed by atoms with E-state index in [-0.39, 0.29) is 89.2 Å². The molecular formula is C81H49Cl8F6N13O6. The van der Waals surface area contributed by atoms with Crippen molar-refractivity contribution < 1.29 is 55.7 Å². The Bertz CT molecular complexity index is 5770. The maximum atomic E-state index is 13.9. The number of hydrogen-bond acceptors (Lipinski definition) is 15. The maximum absolute atomic E-state index is 13.9. The molecule has 4 aromatic heterocycles. The molecule has 0 unspecified atom stereocenters. The van der Waals surface area contributed by atoms with Gasteiger partial charge in [-0.05, 0) is 155 Å². The Balaban J connectivity index is 0.000000174. The first kappa shape index (κ1) is 85.9. The average Bonchev–Trinajstić information content (AvgIpc) is 0.816. The maximum Gasteiger partial charge on any atom is 0.252 e. The van der Waals surface area contributed by atoms with Gasteiger partial charge in [-0.25, -0.2) is 31.3 Å². The summed E-state index contributed by atoms with van der Waals surface area (Å²) in [6.45, 7) is -0.219. The minimum Gasteiger partial charge on any atom is -0.392 e. The van der Waals surface area contributed by atoms with Crippen LogP contribution in [0.2, 0.25) is 40.3 Å². The number of hydrogen-bond donors (Lipinski definition) is 6. The molecule has 12 aromatic rings. The lowest BCUT2D eigenvalue weighted by molar-refractivity contribution is 0.0933. The number of benzene rings is 8. The predicted molar refractivity (Wildman–Crippen MR) is 414 cm³/mol. The summed E-state index contributed by atoms with van der Waals surface area (Å²) in [6, 6.07) is 45.8. The molecule has 0 aliphatic carbocycles. The number of nitrogens with zero attached hydrogens (tertiary/aromatic N) is 9. The summed E-state index contributed by atoms with van der Waals surface area (Å²) >= 11 is 48.0. The molecule has 0 aliphatic rings. The number of rotatable bonds is 18. The van der Waals surface area contributed by atoms with Crippen LogP contribution in [-0.2, 0) is 13.2 Å². The van der Waals surface area contributed by atoms with Crippen molar-refractivity contribution in [2.75, 3.05) is 0 Å². The third-order valence-corrected chi connectivity index (χ3v) is 18.4. The van der Waals surface area contributed by atoms with Gasteiger partial charge in [0.05, 0.1) is 130 Å². The molecule has 0 fully saturated rings. The number of aromatic nitrogens is 5. The number of amides is 4. The Kier molecular flexibility index (Phi) is 30.5. The third-order valence-electron chi connectivity index (χ3n) is 16.3. The van der Waals surface area contributed by atoms with Gasteiger partial charge >= 0.3 is 0 Å². The van der Waals surface area contributed by atoms with E-state index in [2.05, 4.69) is 46.2 Å². The first-order valence-corrected chi connectivity index (χ1v) is 35.7. The van der Waals surface area contributed by atoms with Gasteiger partial charge in [0.25, 0.3) is 23.6 Å². The molecule has 0 saturated carbocycles. The number of pyridine rings is 3. The van der Waals surface area contributed by atoms with Gasteiger partial charge in [0.1, 0.15) is 52.7 Å². The number of nitrogens with one attached hydrogen (secondary N) is 4. The van der Waals surface area contributed by atoms with Gasteiger partial charge in [-0.15, -0.1) is 0 Å². The molecule has 6 N–H and O–H groups in total. The predicted octanol–water partition coefficient (Wildman–Crippen LogP) is 18.3. The second-order valence-corrected chi connectivity index (χ2v) is 27.0. The van der Waals surface area contributed by atoms with Gasteiger partial charge in [0.2, 0.25) is 0 Å². The van der Waals surface area contributed by atoms with Crippen LogP contribution in [0.5, 0.6) is 0 Å². The summed E-state index contributed by atoms with van der Waals surface area (Å²) in [5.74, 6) is -7.80. The summed E-state index contributed by atoms with van der Waals surface area (Å²) in [4.78, 5) is 71.6. The van der Waals surface area contributed by atoms with E-state index in [0.29, 0.717) is 53.9 Å². The zero-order chi connectivity index (χ0) is 82.4. The van der Waals surface area contributed by atoms with Gasteiger partial charge in [0.15, 0.2) is 11.6 Å². The van der Waals surface area contributed by atoms with Crippen molar-refractivity contribution in [3.8, 4) is 24.3 Å². The molecule has 0 radical (unpaired) electrons. The third kappa shape index (κ3) is 22.6. The molecule has 4 atom stereocenters. The molecule has 4 amide bonds. The van der Waals surface area contributed by atoms with Gasteiger partial charge in [0, 0.05) is 40.8 Å². The zero-order valence-electron chi connectivity index (χ0n) is 57.8. The summed E-state index contributed by atoms with van der Waals surface area (Å²) in [5, 5.41) is 66.9. The van der Waals surface area contributed by atoms with E-state index in [4.69, 9.17) is 114 Å². The van der Waals surface area contributed by atoms with E-state index < -0.39 is 82.7 Å². The van der Waals surface area contributed by atoms with Crippen molar-refractivity contribution in [3.05, 3.63) is 389 Å². The first-order chi connectivity index (χ1) is 54.6. The van der Waals surface area contributed by atoms with Crippen molar-refractivity contribution in [2.45, 2.75) is 37.4 Å². The molecule has 4 heterocycles. The van der Waals surface area contributed by atoms with E-state index in [1.54, 1.807) is 103 Å². The standard InChI is InChI=1S/C21H14Cl2FN3O2.C21H15ClFN3O2.C20H10Cl2F3N3O.C19H10Cl3FN4O/c22-16-8-17(23)20(26-10-16)19(13-3-1-12(11-28)2-4-13)27-21(29)14-5-6-15(9-25)18(24)7-14;22-17-7-8-19(25-11-17)20(14-3-1-13(12-27)2-4-14)26-21(28)15-5-6-16(10-24)18(23)9-15;21-13-7-14(22)19(27-9-13)18(10-3-4-15(23)17(25)5-10)28-20(29)11-1-2-12(8-26)16(24)6-11;20-13-4-3-10(5-14(13)21)18(16-8-26-17(22)9-25-16)27-19(28)11-1-2-12(7-24)15(23)6-11/h1-8,10,19,28H,11H2,(H,27,29);1-9,11,20,27H,12H2,(H,26,28);1-7,9,18H,(H,28,29);1-6,8-9,18H,(H,27,28)/t19-;20-;2*18-/m0000/s1. The number of halogens is 14. The molecule has 8 aromatic carbocycles.